The molecule has 0 bridgehead atoms. The highest BCUT2D eigenvalue weighted by Crippen LogP contribution is 2.33. The molecular formula is C23H26ClF3N4O3. The zero-order valence-corrected chi connectivity index (χ0v) is 19.7. The lowest BCUT2D eigenvalue weighted by molar-refractivity contribution is -0.141. The van der Waals surface area contributed by atoms with E-state index in [9.17, 15) is 22.8 Å². The van der Waals surface area contributed by atoms with Crippen LogP contribution >= 0.6 is 11.6 Å². The van der Waals surface area contributed by atoms with Crippen molar-refractivity contribution in [2.75, 3.05) is 13.2 Å². The Labute approximate surface area is 200 Å². The third kappa shape index (κ3) is 4.65. The number of alkyl halides is 3. The van der Waals surface area contributed by atoms with E-state index in [1.807, 2.05) is 16.4 Å². The Bertz CT molecular complexity index is 1100. The van der Waals surface area contributed by atoms with Gasteiger partial charge in [-0.3, -0.25) is 14.6 Å². The molecule has 11 heteroatoms. The Hall–Kier alpha value is -2.59. The van der Waals surface area contributed by atoms with Crippen LogP contribution < -0.4 is 5.32 Å². The van der Waals surface area contributed by atoms with Gasteiger partial charge >= 0.3 is 6.18 Å². The van der Waals surface area contributed by atoms with E-state index < -0.39 is 23.8 Å². The molecule has 2 amide bonds. The van der Waals surface area contributed by atoms with Crippen LogP contribution in [0.25, 0.3) is 0 Å². The molecule has 4 heterocycles. The summed E-state index contributed by atoms with van der Waals surface area (Å²) in [4.78, 5) is 31.8. The van der Waals surface area contributed by atoms with Gasteiger partial charge in [0, 0.05) is 35.9 Å². The first-order valence-electron chi connectivity index (χ1n) is 11.3. The van der Waals surface area contributed by atoms with E-state index in [0.29, 0.717) is 43.1 Å². The number of hydrogen-bond donors (Lipinski definition) is 1. The number of nitrogens with zero attached hydrogens (tertiary/aromatic N) is 3. The fraction of sp³-hybridized carbons (Fsp3) is 0.522. The van der Waals surface area contributed by atoms with Crippen molar-refractivity contribution in [1.82, 2.24) is 19.8 Å². The molecule has 7 nitrogen and oxygen atoms in total. The summed E-state index contributed by atoms with van der Waals surface area (Å²) < 4.78 is 46.2. The molecule has 1 N–H and O–H groups in total. The van der Waals surface area contributed by atoms with Gasteiger partial charge in [0.2, 0.25) is 0 Å². The van der Waals surface area contributed by atoms with E-state index in [0.717, 1.165) is 25.1 Å². The van der Waals surface area contributed by atoms with Gasteiger partial charge in [-0.2, -0.15) is 13.2 Å². The first-order valence-corrected chi connectivity index (χ1v) is 11.6. The molecular weight excluding hydrogens is 473 g/mol. The van der Waals surface area contributed by atoms with Gasteiger partial charge < -0.3 is 19.5 Å². The summed E-state index contributed by atoms with van der Waals surface area (Å²) in [5, 5.41) is 2.71. The zero-order valence-electron chi connectivity index (χ0n) is 18.9. The average Bonchev–Trinajstić information content (AvgIpc) is 3.40. The Morgan fingerprint density at radius 1 is 1.32 bits per heavy atom. The predicted octanol–water partition coefficient (Wildman–Crippen LogP) is 4.59. The van der Waals surface area contributed by atoms with Crippen molar-refractivity contribution in [3.05, 3.63) is 51.6 Å². The van der Waals surface area contributed by atoms with Crippen LogP contribution in [-0.4, -0.2) is 45.5 Å². The molecule has 34 heavy (non-hydrogen) atoms. The van der Waals surface area contributed by atoms with Gasteiger partial charge in [0.15, 0.2) is 0 Å². The third-order valence-electron chi connectivity index (χ3n) is 6.45. The number of hydrogen-bond acceptors (Lipinski definition) is 4. The second kappa shape index (κ2) is 9.58. The molecule has 0 saturated carbocycles. The molecule has 0 spiro atoms. The highest BCUT2D eigenvalue weighted by atomic mass is 35.5. The molecule has 2 aliphatic heterocycles. The number of carbonyl (C=O) groups is 2. The second-order valence-electron chi connectivity index (χ2n) is 8.61. The lowest BCUT2D eigenvalue weighted by atomic mass is 10.0. The number of fused-ring (bicyclic) bond motifs is 1. The second-order valence-corrected chi connectivity index (χ2v) is 9.01. The van der Waals surface area contributed by atoms with Crippen LogP contribution in [0.4, 0.5) is 13.2 Å². The van der Waals surface area contributed by atoms with Crippen LogP contribution in [0.15, 0.2) is 18.3 Å². The van der Waals surface area contributed by atoms with Crippen molar-refractivity contribution >= 4 is 23.4 Å². The summed E-state index contributed by atoms with van der Waals surface area (Å²) in [6.07, 6.45) is -1.31. The van der Waals surface area contributed by atoms with Crippen molar-refractivity contribution in [1.29, 1.82) is 0 Å². The molecule has 0 aromatic carbocycles. The van der Waals surface area contributed by atoms with Crippen molar-refractivity contribution < 1.29 is 27.5 Å². The molecule has 0 radical (unpaired) electrons. The number of nitrogens with one attached hydrogen (secondary N) is 1. The minimum atomic E-state index is -4.62. The predicted molar refractivity (Wildman–Crippen MR) is 119 cm³/mol. The minimum absolute atomic E-state index is 0.116. The molecule has 2 atom stereocenters. The van der Waals surface area contributed by atoms with E-state index >= 15 is 0 Å². The van der Waals surface area contributed by atoms with Crippen LogP contribution in [0.3, 0.4) is 0 Å². The maximum Gasteiger partial charge on any atom is 0.433 e. The van der Waals surface area contributed by atoms with Gasteiger partial charge in [0.25, 0.3) is 11.8 Å². The van der Waals surface area contributed by atoms with Gasteiger partial charge in [-0.25, -0.2) is 0 Å². The summed E-state index contributed by atoms with van der Waals surface area (Å²) in [6.45, 7) is 5.54. The number of halogens is 4. The number of likely N-dealkylation sites (tertiary alicyclic amines) is 1. The highest BCUT2D eigenvalue weighted by Gasteiger charge is 2.34. The standard InChI is InChI=1S/C23H26ClF3N4O3/c1-3-17(15-11-28-20(10-16(15)24)23(25,26)27)29-21(32)14-9-18(31-7-8-34-12-19(14)31)22(33)30-6-4-5-13(30)2/h9-11,13,17H,3-8,12H2,1-2H3,(H,29,32)/t13-,17-/m0/s1. The molecule has 1 fully saturated rings. The summed E-state index contributed by atoms with van der Waals surface area (Å²) in [5.41, 5.74) is 0.548. The number of pyridine rings is 1. The zero-order chi connectivity index (χ0) is 24.6. The number of ether oxygens (including phenoxy) is 1. The largest absolute Gasteiger partial charge is 0.433 e. The van der Waals surface area contributed by atoms with Gasteiger partial charge in [-0.15, -0.1) is 0 Å². The summed E-state index contributed by atoms with van der Waals surface area (Å²) in [6, 6.07) is 1.82. The maximum atomic E-state index is 13.3. The molecule has 2 aromatic heterocycles. The van der Waals surface area contributed by atoms with Crippen molar-refractivity contribution in [3.8, 4) is 0 Å². The fourth-order valence-corrected chi connectivity index (χ4v) is 4.85. The summed E-state index contributed by atoms with van der Waals surface area (Å²) >= 11 is 6.12. The van der Waals surface area contributed by atoms with Crippen molar-refractivity contribution in [3.63, 3.8) is 0 Å². The van der Waals surface area contributed by atoms with Crippen LogP contribution in [0.5, 0.6) is 0 Å². The normalized spacial score (nSPS) is 19.1. The summed E-state index contributed by atoms with van der Waals surface area (Å²) in [7, 11) is 0. The first kappa shape index (κ1) is 24.5. The van der Waals surface area contributed by atoms with Crippen LogP contribution in [0.1, 0.15) is 76.9 Å². The molecule has 1 saturated heterocycles. The molecule has 2 aliphatic rings. The fourth-order valence-electron chi connectivity index (χ4n) is 4.57. The smallest absolute Gasteiger partial charge is 0.373 e. The van der Waals surface area contributed by atoms with Gasteiger partial charge in [0.1, 0.15) is 11.4 Å². The van der Waals surface area contributed by atoms with E-state index in [-0.39, 0.29) is 29.1 Å². The van der Waals surface area contributed by atoms with Gasteiger partial charge in [-0.05, 0) is 38.3 Å². The Kier molecular flexibility index (Phi) is 6.91. The minimum Gasteiger partial charge on any atom is -0.373 e. The monoisotopic (exact) mass is 498 g/mol. The van der Waals surface area contributed by atoms with E-state index in [1.54, 1.807) is 13.0 Å². The number of carbonyl (C=O) groups excluding carboxylic acids is 2. The molecule has 4 rings (SSSR count). The van der Waals surface area contributed by atoms with Crippen LogP contribution in [0, 0.1) is 0 Å². The Morgan fingerprint density at radius 3 is 2.71 bits per heavy atom. The maximum absolute atomic E-state index is 13.3. The Morgan fingerprint density at radius 2 is 2.09 bits per heavy atom. The molecule has 184 valence electrons. The molecule has 2 aromatic rings. The van der Waals surface area contributed by atoms with E-state index in [1.165, 1.54) is 0 Å². The molecule has 0 aliphatic carbocycles. The SMILES string of the molecule is CC[C@H](NC(=O)c1cc(C(=O)N2CCC[C@@H]2C)n2c1COCC2)c1cnc(C(F)(F)F)cc1Cl. The topological polar surface area (TPSA) is 76.5 Å². The lowest BCUT2D eigenvalue weighted by Crippen LogP contribution is -2.35. The quantitative estimate of drug-likeness (QED) is 0.654. The molecule has 0 unspecified atom stereocenters. The van der Waals surface area contributed by atoms with Crippen LogP contribution in [-0.2, 0) is 24.1 Å². The first-order chi connectivity index (χ1) is 16.1. The number of rotatable bonds is 5. The van der Waals surface area contributed by atoms with Crippen molar-refractivity contribution in [2.45, 2.75) is 64.5 Å². The van der Waals surface area contributed by atoms with Crippen LogP contribution in [0.2, 0.25) is 5.02 Å². The van der Waals surface area contributed by atoms with Gasteiger partial charge in [0.05, 0.1) is 30.5 Å². The number of amides is 2. The van der Waals surface area contributed by atoms with E-state index in [4.69, 9.17) is 16.3 Å². The summed E-state index contributed by atoms with van der Waals surface area (Å²) in [5.74, 6) is -0.570. The van der Waals surface area contributed by atoms with E-state index in [2.05, 4.69) is 10.3 Å². The average molecular weight is 499 g/mol. The number of aromatic nitrogens is 2. The van der Waals surface area contributed by atoms with Gasteiger partial charge in [-0.1, -0.05) is 18.5 Å². The lowest BCUT2D eigenvalue weighted by Gasteiger charge is -2.24. The highest BCUT2D eigenvalue weighted by molar-refractivity contribution is 6.31. The Balaban J connectivity index is 1.61. The third-order valence-corrected chi connectivity index (χ3v) is 6.77. The van der Waals surface area contributed by atoms with Crippen molar-refractivity contribution in [2.24, 2.45) is 0 Å².